The van der Waals surface area contributed by atoms with Gasteiger partial charge < -0.3 is 14.8 Å². The van der Waals surface area contributed by atoms with Crippen LogP contribution in [0.15, 0.2) is 22.7 Å². The Labute approximate surface area is 119 Å². The highest BCUT2D eigenvalue weighted by molar-refractivity contribution is 5.56. The van der Waals surface area contributed by atoms with E-state index in [-0.39, 0.29) is 6.10 Å². The molecule has 5 nitrogen and oxygen atoms in total. The molecule has 0 radical (unpaired) electrons. The highest BCUT2D eigenvalue weighted by Gasteiger charge is 2.12. The molecule has 20 heavy (non-hydrogen) atoms. The van der Waals surface area contributed by atoms with Gasteiger partial charge >= 0.3 is 0 Å². The summed E-state index contributed by atoms with van der Waals surface area (Å²) < 4.78 is 5.61. The summed E-state index contributed by atoms with van der Waals surface area (Å²) in [5.41, 5.74) is 1.98. The number of aromatic amines is 1. The van der Waals surface area contributed by atoms with Crippen LogP contribution in [0.5, 0.6) is 0 Å². The summed E-state index contributed by atoms with van der Waals surface area (Å²) in [4.78, 5) is 0. The molecular weight excluding hydrogens is 254 g/mol. The molecule has 0 aromatic carbocycles. The molecule has 2 aromatic heterocycles. The van der Waals surface area contributed by atoms with Gasteiger partial charge in [0.15, 0.2) is 5.76 Å². The number of rotatable bonds is 7. The molecule has 0 amide bonds. The van der Waals surface area contributed by atoms with Gasteiger partial charge in [-0.2, -0.15) is 5.10 Å². The minimum absolute atomic E-state index is 0.251. The number of hydrogen-bond acceptors (Lipinski definition) is 4. The van der Waals surface area contributed by atoms with Crippen LogP contribution in [-0.2, 0) is 6.54 Å². The van der Waals surface area contributed by atoms with Crippen LogP contribution < -0.4 is 5.32 Å². The highest BCUT2D eigenvalue weighted by Crippen LogP contribution is 2.23. The quantitative estimate of drug-likeness (QED) is 0.680. The van der Waals surface area contributed by atoms with Crippen LogP contribution in [0.4, 0.5) is 0 Å². The first-order chi connectivity index (χ1) is 9.58. The summed E-state index contributed by atoms with van der Waals surface area (Å²) in [6.07, 6.45) is 2.31. The van der Waals surface area contributed by atoms with Crippen LogP contribution in [0.3, 0.4) is 0 Å². The maximum Gasteiger partial charge on any atom is 0.152 e. The Morgan fingerprint density at radius 1 is 1.40 bits per heavy atom. The van der Waals surface area contributed by atoms with Crippen molar-refractivity contribution in [3.05, 3.63) is 29.7 Å². The summed E-state index contributed by atoms with van der Waals surface area (Å²) in [5, 5.41) is 20.1. The molecule has 0 saturated carbocycles. The van der Waals surface area contributed by atoms with E-state index in [1.807, 2.05) is 32.9 Å². The molecule has 0 fully saturated rings. The fourth-order valence-electron chi connectivity index (χ4n) is 2.03. The molecule has 5 heteroatoms. The number of aromatic nitrogens is 2. The van der Waals surface area contributed by atoms with Gasteiger partial charge in [0, 0.05) is 12.1 Å². The third-order valence-corrected chi connectivity index (χ3v) is 3.41. The second-order valence-corrected chi connectivity index (χ2v) is 5.46. The lowest BCUT2D eigenvalue weighted by atomic mass is 10.0. The van der Waals surface area contributed by atoms with Gasteiger partial charge in [-0.15, -0.1) is 0 Å². The summed E-state index contributed by atoms with van der Waals surface area (Å²) in [7, 11) is 0. The van der Waals surface area contributed by atoms with Crippen molar-refractivity contribution in [2.24, 2.45) is 5.92 Å². The first-order valence-corrected chi connectivity index (χ1v) is 7.05. The van der Waals surface area contributed by atoms with E-state index in [1.165, 1.54) is 0 Å². The van der Waals surface area contributed by atoms with E-state index in [0.29, 0.717) is 12.5 Å². The van der Waals surface area contributed by atoms with Crippen molar-refractivity contribution < 1.29 is 9.52 Å². The maximum absolute atomic E-state index is 9.75. The number of hydrogen-bond donors (Lipinski definition) is 3. The predicted octanol–water partition coefficient (Wildman–Crippen LogP) is 2.47. The first-order valence-electron chi connectivity index (χ1n) is 7.05. The molecular formula is C15H23N3O2. The number of furan rings is 1. The van der Waals surface area contributed by atoms with Crippen LogP contribution in [0.1, 0.15) is 31.6 Å². The Kier molecular flexibility index (Phi) is 4.98. The van der Waals surface area contributed by atoms with Crippen molar-refractivity contribution in [3.63, 3.8) is 0 Å². The Morgan fingerprint density at radius 2 is 2.20 bits per heavy atom. The molecule has 1 unspecified atom stereocenters. The first kappa shape index (κ1) is 14.8. The van der Waals surface area contributed by atoms with Gasteiger partial charge in [-0.25, -0.2) is 0 Å². The monoisotopic (exact) mass is 277 g/mol. The minimum Gasteiger partial charge on any atom is -0.460 e. The minimum atomic E-state index is -0.251. The average Bonchev–Trinajstić information content (AvgIpc) is 3.02. The van der Waals surface area contributed by atoms with E-state index < -0.39 is 0 Å². The molecule has 1 atom stereocenters. The zero-order chi connectivity index (χ0) is 14.5. The van der Waals surface area contributed by atoms with Gasteiger partial charge in [0.2, 0.25) is 0 Å². The maximum atomic E-state index is 9.75. The van der Waals surface area contributed by atoms with Gasteiger partial charge in [0.1, 0.15) is 11.5 Å². The normalized spacial score (nSPS) is 13.1. The summed E-state index contributed by atoms with van der Waals surface area (Å²) in [5.74, 6) is 1.99. The largest absolute Gasteiger partial charge is 0.460 e. The molecule has 0 spiro atoms. The smallest absolute Gasteiger partial charge is 0.152 e. The number of H-pyrrole nitrogens is 1. The predicted molar refractivity (Wildman–Crippen MR) is 78.2 cm³/mol. The molecule has 0 saturated heterocycles. The van der Waals surface area contributed by atoms with E-state index >= 15 is 0 Å². The molecule has 2 aromatic rings. The van der Waals surface area contributed by atoms with Gasteiger partial charge in [0.25, 0.3) is 0 Å². The second kappa shape index (κ2) is 6.72. The van der Waals surface area contributed by atoms with E-state index in [9.17, 15) is 5.11 Å². The topological polar surface area (TPSA) is 74.1 Å². The lowest BCUT2D eigenvalue weighted by molar-refractivity contribution is 0.116. The lowest BCUT2D eigenvalue weighted by Crippen LogP contribution is -2.23. The second-order valence-electron chi connectivity index (χ2n) is 5.46. The Bertz CT molecular complexity index is 531. The molecule has 110 valence electrons. The highest BCUT2D eigenvalue weighted by atomic mass is 16.3. The molecule has 0 aliphatic heterocycles. The van der Waals surface area contributed by atoms with Crippen LogP contribution >= 0.6 is 0 Å². The molecule has 0 aliphatic rings. The molecule has 0 aliphatic carbocycles. The standard InChI is InChI=1S/C15H23N3O2/c1-10(2)13(19)6-7-16-8-12-9-17-18-15(12)14-5-4-11(3)20-14/h4-5,9-10,13,16,19H,6-8H2,1-3H3,(H,17,18). The fourth-order valence-corrected chi connectivity index (χ4v) is 2.03. The van der Waals surface area contributed by atoms with E-state index in [0.717, 1.165) is 35.7 Å². The SMILES string of the molecule is Cc1ccc(-c2[nH]ncc2CNCCC(O)C(C)C)o1. The van der Waals surface area contributed by atoms with Gasteiger partial charge in [-0.3, -0.25) is 5.10 Å². The zero-order valence-corrected chi connectivity index (χ0v) is 12.3. The van der Waals surface area contributed by atoms with Gasteiger partial charge in [-0.1, -0.05) is 13.8 Å². The molecule has 3 N–H and O–H groups in total. The summed E-state index contributed by atoms with van der Waals surface area (Å²) in [6.45, 7) is 7.46. The Hall–Kier alpha value is -1.59. The molecule has 2 rings (SSSR count). The van der Waals surface area contributed by atoms with Crippen molar-refractivity contribution in [1.29, 1.82) is 0 Å². The van der Waals surface area contributed by atoms with Crippen molar-refractivity contribution in [2.75, 3.05) is 6.54 Å². The van der Waals surface area contributed by atoms with Crippen molar-refractivity contribution in [1.82, 2.24) is 15.5 Å². The van der Waals surface area contributed by atoms with Crippen LogP contribution in [0.2, 0.25) is 0 Å². The number of aliphatic hydroxyl groups excluding tert-OH is 1. The van der Waals surface area contributed by atoms with Crippen molar-refractivity contribution in [3.8, 4) is 11.5 Å². The lowest BCUT2D eigenvalue weighted by Gasteiger charge is -2.14. The number of nitrogens with one attached hydrogen (secondary N) is 2. The van der Waals surface area contributed by atoms with Crippen LogP contribution in [0.25, 0.3) is 11.5 Å². The van der Waals surface area contributed by atoms with Gasteiger partial charge in [-0.05, 0) is 37.9 Å². The Morgan fingerprint density at radius 3 is 2.85 bits per heavy atom. The van der Waals surface area contributed by atoms with E-state index in [1.54, 1.807) is 6.20 Å². The number of aliphatic hydroxyl groups is 1. The third kappa shape index (κ3) is 3.71. The summed E-state index contributed by atoms with van der Waals surface area (Å²) >= 11 is 0. The molecule has 0 bridgehead atoms. The van der Waals surface area contributed by atoms with Crippen molar-refractivity contribution >= 4 is 0 Å². The Balaban J connectivity index is 1.87. The number of aryl methyl sites for hydroxylation is 1. The molecule has 2 heterocycles. The average molecular weight is 277 g/mol. The van der Waals surface area contributed by atoms with E-state index in [2.05, 4.69) is 15.5 Å². The fraction of sp³-hybridized carbons (Fsp3) is 0.533. The van der Waals surface area contributed by atoms with Gasteiger partial charge in [0.05, 0.1) is 12.3 Å². The zero-order valence-electron chi connectivity index (χ0n) is 12.3. The third-order valence-electron chi connectivity index (χ3n) is 3.41. The van der Waals surface area contributed by atoms with Crippen LogP contribution in [0, 0.1) is 12.8 Å². The van der Waals surface area contributed by atoms with E-state index in [4.69, 9.17) is 4.42 Å². The number of nitrogens with zero attached hydrogens (tertiary/aromatic N) is 1. The van der Waals surface area contributed by atoms with Crippen molar-refractivity contribution in [2.45, 2.75) is 39.8 Å². The summed E-state index contributed by atoms with van der Waals surface area (Å²) in [6, 6.07) is 3.88. The van der Waals surface area contributed by atoms with Crippen LogP contribution in [-0.4, -0.2) is 28.0 Å².